The van der Waals surface area contributed by atoms with Crippen LogP contribution in [-0.4, -0.2) is 55.3 Å². The number of piperidine rings is 1. The Morgan fingerprint density at radius 2 is 2.12 bits per heavy atom. The van der Waals surface area contributed by atoms with Crippen LogP contribution in [0, 0.1) is 0 Å². The van der Waals surface area contributed by atoms with E-state index in [-0.39, 0.29) is 35.8 Å². The molecule has 8 nitrogen and oxygen atoms in total. The zero-order valence-corrected chi connectivity index (χ0v) is 17.9. The molecule has 25 heavy (non-hydrogen) atoms. The number of hydrogen-bond acceptors (Lipinski definition) is 5. The zero-order valence-electron chi connectivity index (χ0n) is 14.8. The van der Waals surface area contributed by atoms with Gasteiger partial charge < -0.3 is 15.2 Å². The van der Waals surface area contributed by atoms with Crippen molar-refractivity contribution in [3.05, 3.63) is 18.0 Å². The van der Waals surface area contributed by atoms with Gasteiger partial charge in [0, 0.05) is 31.7 Å². The summed E-state index contributed by atoms with van der Waals surface area (Å²) < 4.78 is 30.6. The molecule has 0 aliphatic carbocycles. The third-order valence-electron chi connectivity index (χ3n) is 3.88. The summed E-state index contributed by atoms with van der Waals surface area (Å²) in [6, 6.07) is 2.00. The minimum atomic E-state index is -3.09. The Labute approximate surface area is 166 Å². The largest absolute Gasteiger partial charge is 0.364 e. The standard InChI is InChI=1S/C15H27N5O3S.HI/c1-3-11-24(21,22)20-8-5-13(6-9-20)18-15(16-4-2)17-12-14-7-10-23-19-14;/h7,10,13H,3-6,8-9,11-12H2,1-2H3,(H2,16,17,18);1H. The molecule has 1 aromatic rings. The fourth-order valence-electron chi connectivity index (χ4n) is 2.66. The lowest BCUT2D eigenvalue weighted by molar-refractivity contribution is 0.306. The van der Waals surface area contributed by atoms with E-state index in [4.69, 9.17) is 4.52 Å². The summed E-state index contributed by atoms with van der Waals surface area (Å²) in [6.45, 7) is 6.21. The first-order valence-corrected chi connectivity index (χ1v) is 10.1. The van der Waals surface area contributed by atoms with E-state index < -0.39 is 10.0 Å². The molecule has 0 amide bonds. The van der Waals surface area contributed by atoms with Crippen LogP contribution in [0.15, 0.2) is 21.8 Å². The van der Waals surface area contributed by atoms with Crippen LogP contribution >= 0.6 is 24.0 Å². The smallest absolute Gasteiger partial charge is 0.214 e. The highest BCUT2D eigenvalue weighted by molar-refractivity contribution is 14.0. The Bertz CT molecular complexity index is 613. The number of rotatable bonds is 7. The minimum absolute atomic E-state index is 0. The average Bonchev–Trinajstić information content (AvgIpc) is 3.07. The molecule has 1 aromatic heterocycles. The Morgan fingerprint density at radius 3 is 2.68 bits per heavy atom. The van der Waals surface area contributed by atoms with E-state index in [1.807, 2.05) is 13.8 Å². The first-order chi connectivity index (χ1) is 11.5. The van der Waals surface area contributed by atoms with Gasteiger partial charge in [0.25, 0.3) is 0 Å². The zero-order chi connectivity index (χ0) is 17.4. The normalized spacial score (nSPS) is 17.1. The number of aromatic nitrogens is 1. The molecule has 144 valence electrons. The predicted octanol–water partition coefficient (Wildman–Crippen LogP) is 1.55. The number of hydrogen-bond donors (Lipinski definition) is 2. The van der Waals surface area contributed by atoms with Gasteiger partial charge in [-0.2, -0.15) is 0 Å². The summed E-state index contributed by atoms with van der Waals surface area (Å²) in [5.41, 5.74) is 0.771. The number of sulfonamides is 1. The molecule has 0 atom stereocenters. The molecule has 0 unspecified atom stereocenters. The first-order valence-electron chi connectivity index (χ1n) is 8.47. The molecule has 0 aromatic carbocycles. The van der Waals surface area contributed by atoms with Gasteiger partial charge in [0.05, 0.1) is 12.3 Å². The molecule has 1 fully saturated rings. The third-order valence-corrected chi connectivity index (χ3v) is 5.96. The van der Waals surface area contributed by atoms with Gasteiger partial charge in [-0.3, -0.25) is 0 Å². The molecular weight excluding hydrogens is 457 g/mol. The Hall–Kier alpha value is -0.880. The van der Waals surface area contributed by atoms with Crippen LogP contribution in [0.25, 0.3) is 0 Å². The van der Waals surface area contributed by atoms with Gasteiger partial charge in [-0.15, -0.1) is 24.0 Å². The molecule has 2 N–H and O–H groups in total. The molecule has 10 heteroatoms. The second kappa shape index (κ2) is 11.0. The van der Waals surface area contributed by atoms with Crippen molar-refractivity contribution >= 4 is 40.0 Å². The SMILES string of the molecule is CCCS(=O)(=O)N1CCC(NC(=NCc2ccon2)NCC)CC1.I. The van der Waals surface area contributed by atoms with Crippen molar-refractivity contribution in [3.63, 3.8) is 0 Å². The molecule has 1 saturated heterocycles. The van der Waals surface area contributed by atoms with Gasteiger partial charge in [0.2, 0.25) is 10.0 Å². The van der Waals surface area contributed by atoms with E-state index in [0.29, 0.717) is 26.1 Å². The highest BCUT2D eigenvalue weighted by Gasteiger charge is 2.27. The topological polar surface area (TPSA) is 99.8 Å². The van der Waals surface area contributed by atoms with E-state index in [9.17, 15) is 8.42 Å². The number of aliphatic imine (C=N–C) groups is 1. The summed E-state index contributed by atoms with van der Waals surface area (Å²) in [5, 5.41) is 10.4. The quantitative estimate of drug-likeness (QED) is 0.346. The van der Waals surface area contributed by atoms with Crippen LogP contribution in [0.5, 0.6) is 0 Å². The average molecular weight is 485 g/mol. The fraction of sp³-hybridized carbons (Fsp3) is 0.733. The molecule has 1 aliphatic heterocycles. The molecule has 0 saturated carbocycles. The Balaban J connectivity index is 0.00000312. The summed E-state index contributed by atoms with van der Waals surface area (Å²) in [6.07, 6.45) is 3.73. The van der Waals surface area contributed by atoms with Crippen LogP contribution in [0.3, 0.4) is 0 Å². The molecule has 0 bridgehead atoms. The highest BCUT2D eigenvalue weighted by atomic mass is 127. The van der Waals surface area contributed by atoms with Gasteiger partial charge >= 0.3 is 0 Å². The lowest BCUT2D eigenvalue weighted by atomic mass is 10.1. The second-order valence-corrected chi connectivity index (χ2v) is 7.91. The Morgan fingerprint density at radius 1 is 1.40 bits per heavy atom. The highest BCUT2D eigenvalue weighted by Crippen LogP contribution is 2.15. The summed E-state index contributed by atoms with van der Waals surface area (Å²) >= 11 is 0. The van der Waals surface area contributed by atoms with Crippen molar-refractivity contribution in [2.75, 3.05) is 25.4 Å². The molecule has 1 aliphatic rings. The van der Waals surface area contributed by atoms with Crippen molar-refractivity contribution in [3.8, 4) is 0 Å². The molecule has 0 spiro atoms. The third kappa shape index (κ3) is 7.10. The van der Waals surface area contributed by atoms with Gasteiger partial charge in [0.1, 0.15) is 12.0 Å². The number of nitrogens with zero attached hydrogens (tertiary/aromatic N) is 3. The lowest BCUT2D eigenvalue weighted by Crippen LogP contribution is -2.50. The number of nitrogens with one attached hydrogen (secondary N) is 2. The number of halogens is 1. The second-order valence-electron chi connectivity index (χ2n) is 5.82. The predicted molar refractivity (Wildman–Crippen MR) is 109 cm³/mol. The van der Waals surface area contributed by atoms with Crippen molar-refractivity contribution < 1.29 is 12.9 Å². The fourth-order valence-corrected chi connectivity index (χ4v) is 4.20. The summed E-state index contributed by atoms with van der Waals surface area (Å²) in [5.74, 6) is 0.947. The molecular formula is C15H28IN5O3S. The van der Waals surface area contributed by atoms with Gasteiger partial charge in [-0.05, 0) is 26.2 Å². The van der Waals surface area contributed by atoms with Gasteiger partial charge in [-0.25, -0.2) is 17.7 Å². The van der Waals surface area contributed by atoms with E-state index in [1.165, 1.54) is 6.26 Å². The van der Waals surface area contributed by atoms with Crippen molar-refractivity contribution in [1.29, 1.82) is 0 Å². The van der Waals surface area contributed by atoms with Crippen LogP contribution in [-0.2, 0) is 16.6 Å². The maximum absolute atomic E-state index is 12.1. The van der Waals surface area contributed by atoms with Crippen molar-refractivity contribution in [2.24, 2.45) is 4.99 Å². The number of guanidine groups is 1. The van der Waals surface area contributed by atoms with E-state index in [1.54, 1.807) is 10.4 Å². The van der Waals surface area contributed by atoms with Crippen LogP contribution < -0.4 is 10.6 Å². The van der Waals surface area contributed by atoms with E-state index >= 15 is 0 Å². The Kier molecular flexibility index (Phi) is 9.72. The van der Waals surface area contributed by atoms with Gasteiger partial charge in [0.15, 0.2) is 5.96 Å². The molecule has 0 radical (unpaired) electrons. The summed E-state index contributed by atoms with van der Waals surface area (Å²) in [7, 11) is -3.09. The van der Waals surface area contributed by atoms with Gasteiger partial charge in [-0.1, -0.05) is 12.1 Å². The van der Waals surface area contributed by atoms with Crippen molar-refractivity contribution in [2.45, 2.75) is 45.7 Å². The van der Waals surface area contributed by atoms with Crippen LogP contribution in [0.1, 0.15) is 38.8 Å². The van der Waals surface area contributed by atoms with Crippen molar-refractivity contribution in [1.82, 2.24) is 20.1 Å². The van der Waals surface area contributed by atoms with E-state index in [2.05, 4.69) is 20.8 Å². The van der Waals surface area contributed by atoms with Crippen LogP contribution in [0.2, 0.25) is 0 Å². The summed E-state index contributed by atoms with van der Waals surface area (Å²) in [4.78, 5) is 4.49. The lowest BCUT2D eigenvalue weighted by Gasteiger charge is -2.32. The minimum Gasteiger partial charge on any atom is -0.364 e. The monoisotopic (exact) mass is 485 g/mol. The van der Waals surface area contributed by atoms with Crippen LogP contribution in [0.4, 0.5) is 0 Å². The first kappa shape index (κ1) is 22.2. The maximum atomic E-state index is 12.1. The molecule has 2 rings (SSSR count). The van der Waals surface area contributed by atoms with E-state index in [0.717, 1.165) is 31.0 Å². The maximum Gasteiger partial charge on any atom is 0.214 e. The molecule has 2 heterocycles.